The molecule has 0 aliphatic heterocycles. The van der Waals surface area contributed by atoms with Gasteiger partial charge in [0.1, 0.15) is 5.82 Å². The summed E-state index contributed by atoms with van der Waals surface area (Å²) in [4.78, 5) is 4.23. The number of rotatable bonds is 4. The van der Waals surface area contributed by atoms with Crippen molar-refractivity contribution in [3.63, 3.8) is 0 Å². The van der Waals surface area contributed by atoms with E-state index >= 15 is 0 Å². The van der Waals surface area contributed by atoms with E-state index in [4.69, 9.17) is 5.26 Å². The van der Waals surface area contributed by atoms with Crippen LogP contribution in [0.1, 0.15) is 17.0 Å². The van der Waals surface area contributed by atoms with Crippen molar-refractivity contribution >= 4 is 10.0 Å². The zero-order valence-electron chi connectivity index (χ0n) is 11.2. The second kappa shape index (κ2) is 5.45. The molecule has 2 aromatic rings. The molecule has 20 heavy (non-hydrogen) atoms. The molecule has 0 unspecified atom stereocenters. The maximum atomic E-state index is 12.2. The third kappa shape index (κ3) is 2.87. The number of hydrogen-bond donors (Lipinski definition) is 1. The summed E-state index contributed by atoms with van der Waals surface area (Å²) in [5.74, 6) is 0.625. The number of nitrogens with one attached hydrogen (secondary N) is 1. The number of sulfonamides is 1. The third-order valence-electron chi connectivity index (χ3n) is 2.93. The normalized spacial score (nSPS) is 11.2. The Kier molecular flexibility index (Phi) is 3.88. The Morgan fingerprint density at radius 2 is 2.20 bits per heavy atom. The lowest BCUT2D eigenvalue weighted by atomic mass is 10.2. The van der Waals surface area contributed by atoms with Gasteiger partial charge in [0.15, 0.2) is 0 Å². The van der Waals surface area contributed by atoms with Crippen molar-refractivity contribution in [1.82, 2.24) is 14.3 Å². The first-order valence-corrected chi connectivity index (χ1v) is 7.39. The maximum Gasteiger partial charge on any atom is 0.241 e. The van der Waals surface area contributed by atoms with Gasteiger partial charge in [0.25, 0.3) is 0 Å². The Balaban J connectivity index is 2.23. The quantitative estimate of drug-likeness (QED) is 0.912. The van der Waals surface area contributed by atoms with Crippen molar-refractivity contribution in [2.45, 2.75) is 18.4 Å². The molecular formula is C13H14N4O2S. The second-order valence-electron chi connectivity index (χ2n) is 4.37. The van der Waals surface area contributed by atoms with Crippen LogP contribution in [-0.4, -0.2) is 18.0 Å². The minimum Gasteiger partial charge on any atom is -0.337 e. The van der Waals surface area contributed by atoms with Gasteiger partial charge in [-0.25, -0.2) is 18.1 Å². The molecule has 0 saturated carbocycles. The molecule has 0 fully saturated rings. The van der Waals surface area contributed by atoms with Gasteiger partial charge in [0.2, 0.25) is 10.0 Å². The summed E-state index contributed by atoms with van der Waals surface area (Å²) in [5, 5.41) is 8.79. The zero-order chi connectivity index (χ0) is 14.8. The molecule has 1 aromatic carbocycles. The zero-order valence-corrected chi connectivity index (χ0v) is 12.0. The van der Waals surface area contributed by atoms with E-state index in [9.17, 15) is 8.42 Å². The minimum absolute atomic E-state index is 0.116. The molecule has 104 valence electrons. The van der Waals surface area contributed by atoms with E-state index in [1.54, 1.807) is 37.0 Å². The fourth-order valence-electron chi connectivity index (χ4n) is 1.82. The summed E-state index contributed by atoms with van der Waals surface area (Å²) in [6, 6.07) is 6.46. The number of aromatic nitrogens is 2. The first-order chi connectivity index (χ1) is 9.44. The lowest BCUT2D eigenvalue weighted by Crippen LogP contribution is -2.25. The van der Waals surface area contributed by atoms with Gasteiger partial charge in [-0.15, -0.1) is 0 Å². The van der Waals surface area contributed by atoms with E-state index in [1.165, 1.54) is 12.1 Å². The highest BCUT2D eigenvalue weighted by Crippen LogP contribution is 2.16. The number of imidazole rings is 1. The van der Waals surface area contributed by atoms with Crippen molar-refractivity contribution in [1.29, 1.82) is 5.26 Å². The largest absolute Gasteiger partial charge is 0.337 e. The fraction of sp³-hybridized carbons (Fsp3) is 0.231. The van der Waals surface area contributed by atoms with Gasteiger partial charge < -0.3 is 4.57 Å². The van der Waals surface area contributed by atoms with Crippen LogP contribution in [-0.2, 0) is 23.6 Å². The average molecular weight is 290 g/mol. The molecule has 7 heteroatoms. The van der Waals surface area contributed by atoms with Crippen molar-refractivity contribution in [2.75, 3.05) is 0 Å². The van der Waals surface area contributed by atoms with Gasteiger partial charge in [-0.3, -0.25) is 0 Å². The maximum absolute atomic E-state index is 12.2. The van der Waals surface area contributed by atoms with Crippen LogP contribution in [0.2, 0.25) is 0 Å². The molecule has 1 N–H and O–H groups in total. The van der Waals surface area contributed by atoms with E-state index in [1.807, 2.05) is 6.07 Å². The first-order valence-electron chi connectivity index (χ1n) is 5.90. The molecule has 0 saturated heterocycles. The Bertz CT molecular complexity index is 772. The standard InChI is InChI=1S/C13H14N4O2S/c1-10-7-11(8-14)3-4-12(10)20(18,19)16-9-13-15-5-6-17(13)2/h3-7,16H,9H2,1-2H3. The van der Waals surface area contributed by atoms with Crippen molar-refractivity contribution < 1.29 is 8.42 Å². The summed E-state index contributed by atoms with van der Waals surface area (Å²) in [6.07, 6.45) is 3.35. The summed E-state index contributed by atoms with van der Waals surface area (Å²) in [7, 11) is -1.83. The van der Waals surface area contributed by atoms with Crippen molar-refractivity contribution in [2.24, 2.45) is 7.05 Å². The van der Waals surface area contributed by atoms with Gasteiger partial charge in [0, 0.05) is 19.4 Å². The van der Waals surface area contributed by atoms with Crippen LogP contribution in [0.5, 0.6) is 0 Å². The predicted octanol–water partition coefficient (Wildman–Crippen LogP) is 1.08. The van der Waals surface area contributed by atoms with E-state index in [-0.39, 0.29) is 11.4 Å². The average Bonchev–Trinajstić information content (AvgIpc) is 2.81. The van der Waals surface area contributed by atoms with E-state index in [0.29, 0.717) is 17.0 Å². The Morgan fingerprint density at radius 1 is 1.45 bits per heavy atom. The molecule has 0 aliphatic carbocycles. The molecule has 1 aromatic heterocycles. The minimum atomic E-state index is -3.62. The van der Waals surface area contributed by atoms with Crippen LogP contribution < -0.4 is 4.72 Å². The molecule has 0 amide bonds. The Labute approximate surface area is 117 Å². The summed E-state index contributed by atoms with van der Waals surface area (Å²) in [6.45, 7) is 1.78. The lowest BCUT2D eigenvalue weighted by molar-refractivity contribution is 0.577. The van der Waals surface area contributed by atoms with Gasteiger partial charge in [-0.2, -0.15) is 5.26 Å². The SMILES string of the molecule is Cc1cc(C#N)ccc1S(=O)(=O)NCc1nccn1C. The van der Waals surface area contributed by atoms with Gasteiger partial charge in [-0.05, 0) is 30.7 Å². The third-order valence-corrected chi connectivity index (χ3v) is 4.50. The Morgan fingerprint density at radius 3 is 2.75 bits per heavy atom. The number of nitrogens with zero attached hydrogens (tertiary/aromatic N) is 3. The number of nitriles is 1. The summed E-state index contributed by atoms with van der Waals surface area (Å²) in [5.41, 5.74) is 0.974. The fourth-order valence-corrected chi connectivity index (χ4v) is 3.03. The molecule has 0 spiro atoms. The molecule has 0 atom stereocenters. The molecule has 0 radical (unpaired) electrons. The van der Waals surface area contributed by atoms with Crippen LogP contribution in [0.15, 0.2) is 35.5 Å². The van der Waals surface area contributed by atoms with Crippen LogP contribution in [0.4, 0.5) is 0 Å². The molecule has 6 nitrogen and oxygen atoms in total. The van der Waals surface area contributed by atoms with E-state index in [2.05, 4.69) is 9.71 Å². The van der Waals surface area contributed by atoms with Crippen molar-refractivity contribution in [3.05, 3.63) is 47.5 Å². The van der Waals surface area contributed by atoms with Gasteiger partial charge in [-0.1, -0.05) is 0 Å². The monoisotopic (exact) mass is 290 g/mol. The van der Waals surface area contributed by atoms with Crippen LogP contribution in [0, 0.1) is 18.3 Å². The highest BCUT2D eigenvalue weighted by molar-refractivity contribution is 7.89. The van der Waals surface area contributed by atoms with Crippen LogP contribution in [0.25, 0.3) is 0 Å². The summed E-state index contributed by atoms with van der Waals surface area (Å²) < 4.78 is 28.7. The summed E-state index contributed by atoms with van der Waals surface area (Å²) >= 11 is 0. The van der Waals surface area contributed by atoms with Gasteiger partial charge >= 0.3 is 0 Å². The molecule has 1 heterocycles. The predicted molar refractivity (Wildman–Crippen MR) is 73.1 cm³/mol. The molecule has 0 bridgehead atoms. The first kappa shape index (κ1) is 14.2. The number of benzene rings is 1. The number of hydrogen-bond acceptors (Lipinski definition) is 4. The molecule has 0 aliphatic rings. The van der Waals surface area contributed by atoms with Gasteiger partial charge in [0.05, 0.1) is 23.1 Å². The van der Waals surface area contributed by atoms with Crippen LogP contribution in [0.3, 0.4) is 0 Å². The highest BCUT2D eigenvalue weighted by atomic mass is 32.2. The highest BCUT2D eigenvalue weighted by Gasteiger charge is 2.17. The smallest absolute Gasteiger partial charge is 0.241 e. The molecular weight excluding hydrogens is 276 g/mol. The van der Waals surface area contributed by atoms with Crippen molar-refractivity contribution in [3.8, 4) is 6.07 Å². The van der Waals surface area contributed by atoms with E-state index in [0.717, 1.165) is 0 Å². The van der Waals surface area contributed by atoms with E-state index < -0.39 is 10.0 Å². The van der Waals surface area contributed by atoms with Crippen LogP contribution >= 0.6 is 0 Å². The number of aryl methyl sites for hydroxylation is 2. The Hall–Kier alpha value is -2.17. The topological polar surface area (TPSA) is 87.8 Å². The lowest BCUT2D eigenvalue weighted by Gasteiger charge is -2.09. The molecule has 2 rings (SSSR count). The second-order valence-corrected chi connectivity index (χ2v) is 6.11.